The average molecular weight is 266 g/mol. The second-order valence-corrected chi connectivity index (χ2v) is 5.67. The van der Waals surface area contributed by atoms with Crippen molar-refractivity contribution in [2.24, 2.45) is 0 Å². The quantitative estimate of drug-likeness (QED) is 0.406. The normalized spacial score (nSPS) is 13.9. The highest BCUT2D eigenvalue weighted by Gasteiger charge is 2.27. The van der Waals surface area contributed by atoms with Crippen LogP contribution < -0.4 is 0 Å². The van der Waals surface area contributed by atoms with E-state index in [1.54, 1.807) is 13.8 Å². The molecule has 0 aliphatic rings. The molecule has 5 heteroatoms. The van der Waals surface area contributed by atoms with Gasteiger partial charge < -0.3 is 0 Å². The Labute approximate surface area is 106 Å². The van der Waals surface area contributed by atoms with Crippen molar-refractivity contribution >= 4 is 7.82 Å². The zero-order valence-electron chi connectivity index (χ0n) is 11.6. The van der Waals surface area contributed by atoms with Gasteiger partial charge in [0.15, 0.2) is 0 Å². The molecule has 0 amide bonds. The van der Waals surface area contributed by atoms with Gasteiger partial charge in [0.05, 0.1) is 19.3 Å². The summed E-state index contributed by atoms with van der Waals surface area (Å²) in [6.45, 7) is 8.32. The first-order valence-electron chi connectivity index (χ1n) is 6.65. The molecule has 0 radical (unpaired) electrons. The maximum Gasteiger partial charge on any atom is 0.475 e. The van der Waals surface area contributed by atoms with Gasteiger partial charge in [-0.1, -0.05) is 32.6 Å². The Morgan fingerprint density at radius 1 is 1.00 bits per heavy atom. The highest BCUT2D eigenvalue weighted by molar-refractivity contribution is 7.48. The first-order chi connectivity index (χ1) is 8.08. The Morgan fingerprint density at radius 3 is 2.06 bits per heavy atom. The Bertz CT molecular complexity index is 211. The molecule has 1 unspecified atom stereocenters. The van der Waals surface area contributed by atoms with Crippen LogP contribution in [0.25, 0.3) is 0 Å². The SMILES string of the molecule is CCCCCCC(C)OP(=O)(OCC)OCC. The van der Waals surface area contributed by atoms with Gasteiger partial charge in [0.2, 0.25) is 0 Å². The van der Waals surface area contributed by atoms with Crippen LogP contribution in [0.3, 0.4) is 0 Å². The van der Waals surface area contributed by atoms with Crippen LogP contribution in [0.2, 0.25) is 0 Å². The summed E-state index contributed by atoms with van der Waals surface area (Å²) in [5, 5.41) is 0. The van der Waals surface area contributed by atoms with Crippen LogP contribution in [0.1, 0.15) is 59.8 Å². The maximum absolute atomic E-state index is 12.0. The van der Waals surface area contributed by atoms with Crippen LogP contribution in [0.5, 0.6) is 0 Å². The molecule has 4 nitrogen and oxygen atoms in total. The van der Waals surface area contributed by atoms with Crippen molar-refractivity contribution in [1.29, 1.82) is 0 Å². The summed E-state index contributed by atoms with van der Waals surface area (Å²) >= 11 is 0. The highest BCUT2D eigenvalue weighted by Crippen LogP contribution is 2.50. The van der Waals surface area contributed by atoms with Crippen LogP contribution in [-0.4, -0.2) is 19.3 Å². The van der Waals surface area contributed by atoms with Crippen molar-refractivity contribution < 1.29 is 18.1 Å². The van der Waals surface area contributed by atoms with Crippen molar-refractivity contribution in [3.05, 3.63) is 0 Å². The van der Waals surface area contributed by atoms with E-state index in [-0.39, 0.29) is 6.10 Å². The van der Waals surface area contributed by atoms with Gasteiger partial charge in [0.1, 0.15) is 0 Å². The predicted octanol–water partition coefficient (Wildman–Crippen LogP) is 4.54. The summed E-state index contributed by atoms with van der Waals surface area (Å²) in [4.78, 5) is 0. The largest absolute Gasteiger partial charge is 0.475 e. The van der Waals surface area contributed by atoms with Gasteiger partial charge in [-0.05, 0) is 27.2 Å². The molecule has 0 saturated carbocycles. The van der Waals surface area contributed by atoms with E-state index in [1.807, 2.05) is 6.92 Å². The zero-order valence-corrected chi connectivity index (χ0v) is 12.5. The Morgan fingerprint density at radius 2 is 1.59 bits per heavy atom. The first kappa shape index (κ1) is 17.1. The summed E-state index contributed by atoms with van der Waals surface area (Å²) in [7, 11) is -3.33. The molecule has 0 saturated heterocycles. The second kappa shape index (κ2) is 10.1. The van der Waals surface area contributed by atoms with Gasteiger partial charge in [-0.15, -0.1) is 0 Å². The topological polar surface area (TPSA) is 44.8 Å². The van der Waals surface area contributed by atoms with Crippen LogP contribution in [0.15, 0.2) is 0 Å². The molecule has 0 aromatic rings. The molecule has 0 spiro atoms. The summed E-state index contributed by atoms with van der Waals surface area (Å²) < 4.78 is 27.6. The van der Waals surface area contributed by atoms with E-state index in [1.165, 1.54) is 19.3 Å². The van der Waals surface area contributed by atoms with Crippen LogP contribution in [0.4, 0.5) is 0 Å². The zero-order chi connectivity index (χ0) is 13.1. The van der Waals surface area contributed by atoms with Crippen LogP contribution in [0, 0.1) is 0 Å². The Balaban J connectivity index is 3.95. The fraction of sp³-hybridized carbons (Fsp3) is 1.00. The first-order valence-corrected chi connectivity index (χ1v) is 8.11. The van der Waals surface area contributed by atoms with E-state index in [0.29, 0.717) is 13.2 Å². The van der Waals surface area contributed by atoms with E-state index in [4.69, 9.17) is 13.6 Å². The smallest absolute Gasteiger partial charge is 0.287 e. The third kappa shape index (κ3) is 8.78. The molecule has 0 aliphatic heterocycles. The van der Waals surface area contributed by atoms with Gasteiger partial charge in [-0.3, -0.25) is 13.6 Å². The standard InChI is InChI=1S/C12H27O4P/c1-5-8-9-10-11-12(4)16-17(13,14-6-2)15-7-3/h12H,5-11H2,1-4H3. The molecule has 0 heterocycles. The monoisotopic (exact) mass is 266 g/mol. The minimum absolute atomic E-state index is 0.0872. The minimum Gasteiger partial charge on any atom is -0.287 e. The number of hydrogen-bond donors (Lipinski definition) is 0. The lowest BCUT2D eigenvalue weighted by Crippen LogP contribution is -2.10. The lowest BCUT2D eigenvalue weighted by atomic mass is 10.1. The summed E-state index contributed by atoms with van der Waals surface area (Å²) in [6, 6.07) is 0. The third-order valence-corrected chi connectivity index (χ3v) is 4.11. The second-order valence-electron chi connectivity index (χ2n) is 4.05. The number of unbranched alkanes of at least 4 members (excludes halogenated alkanes) is 3. The van der Waals surface area contributed by atoms with Crippen molar-refractivity contribution in [3.8, 4) is 0 Å². The molecular formula is C12H27O4P. The Kier molecular flexibility index (Phi) is 10.1. The molecular weight excluding hydrogens is 239 g/mol. The average Bonchev–Trinajstić information content (AvgIpc) is 2.24. The van der Waals surface area contributed by atoms with Crippen LogP contribution in [-0.2, 0) is 18.1 Å². The third-order valence-electron chi connectivity index (χ3n) is 2.35. The number of rotatable bonds is 11. The van der Waals surface area contributed by atoms with Crippen molar-refractivity contribution in [3.63, 3.8) is 0 Å². The van der Waals surface area contributed by atoms with Gasteiger partial charge in [0, 0.05) is 0 Å². The summed E-state index contributed by atoms with van der Waals surface area (Å²) in [6.07, 6.45) is 5.54. The van der Waals surface area contributed by atoms with E-state index >= 15 is 0 Å². The Hall–Kier alpha value is 0.110. The fourth-order valence-electron chi connectivity index (χ4n) is 1.55. The van der Waals surface area contributed by atoms with Gasteiger partial charge >= 0.3 is 7.82 Å². The van der Waals surface area contributed by atoms with Crippen molar-refractivity contribution in [2.75, 3.05) is 13.2 Å². The minimum atomic E-state index is -3.33. The molecule has 0 rings (SSSR count). The van der Waals surface area contributed by atoms with E-state index in [0.717, 1.165) is 12.8 Å². The number of hydrogen-bond acceptors (Lipinski definition) is 4. The molecule has 1 atom stereocenters. The molecule has 0 aliphatic carbocycles. The lowest BCUT2D eigenvalue weighted by molar-refractivity contribution is 0.0863. The molecule has 0 bridgehead atoms. The summed E-state index contributed by atoms with van der Waals surface area (Å²) in [5.41, 5.74) is 0. The van der Waals surface area contributed by atoms with E-state index in [2.05, 4.69) is 6.92 Å². The molecule has 0 N–H and O–H groups in total. The fourth-order valence-corrected chi connectivity index (χ4v) is 2.92. The number of phosphoric acid groups is 1. The van der Waals surface area contributed by atoms with E-state index in [9.17, 15) is 4.57 Å². The highest BCUT2D eigenvalue weighted by atomic mass is 31.2. The van der Waals surface area contributed by atoms with Gasteiger partial charge in [-0.2, -0.15) is 0 Å². The molecule has 0 aromatic heterocycles. The molecule has 104 valence electrons. The van der Waals surface area contributed by atoms with E-state index < -0.39 is 7.82 Å². The number of phosphoric ester groups is 1. The van der Waals surface area contributed by atoms with Crippen molar-refractivity contribution in [1.82, 2.24) is 0 Å². The van der Waals surface area contributed by atoms with Crippen LogP contribution >= 0.6 is 7.82 Å². The van der Waals surface area contributed by atoms with Gasteiger partial charge in [0.25, 0.3) is 0 Å². The maximum atomic E-state index is 12.0. The van der Waals surface area contributed by atoms with Gasteiger partial charge in [-0.25, -0.2) is 4.57 Å². The summed E-state index contributed by atoms with van der Waals surface area (Å²) in [5.74, 6) is 0. The van der Waals surface area contributed by atoms with Crippen molar-refractivity contribution in [2.45, 2.75) is 65.9 Å². The lowest BCUT2D eigenvalue weighted by Gasteiger charge is -2.20. The molecule has 0 fully saturated rings. The molecule has 17 heavy (non-hydrogen) atoms. The predicted molar refractivity (Wildman–Crippen MR) is 70.2 cm³/mol. The molecule has 0 aromatic carbocycles.